The van der Waals surface area contributed by atoms with E-state index in [-0.39, 0.29) is 0 Å². The molecule has 2 aliphatic rings. The number of hydrogen-bond acceptors (Lipinski definition) is 3. The monoisotopic (exact) mass is 235 g/mol. The standard InChI is InChI=1S/C14H25N3/c1-12-8-10-17(13-5-3-2-4-6-13)14(7-9-15)11-16-12/h12-14,16H,2-8,10-11H2,1H3. The van der Waals surface area contributed by atoms with Crippen molar-refractivity contribution in [2.24, 2.45) is 0 Å². The molecule has 96 valence electrons. The van der Waals surface area contributed by atoms with Crippen LogP contribution < -0.4 is 5.32 Å². The lowest BCUT2D eigenvalue weighted by atomic mass is 9.92. The minimum atomic E-state index is 0.438. The lowest BCUT2D eigenvalue weighted by molar-refractivity contribution is 0.114. The van der Waals surface area contributed by atoms with Crippen LogP contribution in [0, 0.1) is 11.3 Å². The second kappa shape index (κ2) is 6.37. The summed E-state index contributed by atoms with van der Waals surface area (Å²) in [6.45, 7) is 4.42. The highest BCUT2D eigenvalue weighted by molar-refractivity contribution is 4.91. The van der Waals surface area contributed by atoms with Gasteiger partial charge in [0.05, 0.1) is 12.5 Å². The molecule has 0 aromatic heterocycles. The van der Waals surface area contributed by atoms with E-state index in [2.05, 4.69) is 23.2 Å². The van der Waals surface area contributed by atoms with E-state index in [1.165, 1.54) is 45.1 Å². The summed E-state index contributed by atoms with van der Waals surface area (Å²) in [6.07, 6.45) is 8.75. The van der Waals surface area contributed by atoms with Gasteiger partial charge in [0.15, 0.2) is 0 Å². The van der Waals surface area contributed by atoms with Crippen LogP contribution in [0.2, 0.25) is 0 Å². The van der Waals surface area contributed by atoms with Gasteiger partial charge < -0.3 is 5.32 Å². The van der Waals surface area contributed by atoms with E-state index < -0.39 is 0 Å². The van der Waals surface area contributed by atoms with Crippen molar-refractivity contribution < 1.29 is 0 Å². The molecule has 0 radical (unpaired) electrons. The molecule has 1 saturated carbocycles. The Hall–Kier alpha value is -0.590. The van der Waals surface area contributed by atoms with Gasteiger partial charge in [0.2, 0.25) is 0 Å². The molecule has 1 N–H and O–H groups in total. The molecule has 0 aromatic carbocycles. The van der Waals surface area contributed by atoms with Crippen LogP contribution in [-0.4, -0.2) is 36.1 Å². The Kier molecular flexibility index (Phi) is 4.82. The van der Waals surface area contributed by atoms with Crippen LogP contribution in [0.1, 0.15) is 51.9 Å². The van der Waals surface area contributed by atoms with Gasteiger partial charge >= 0.3 is 0 Å². The van der Waals surface area contributed by atoms with Crippen LogP contribution in [0.25, 0.3) is 0 Å². The zero-order valence-electron chi connectivity index (χ0n) is 11.0. The minimum Gasteiger partial charge on any atom is -0.313 e. The highest BCUT2D eigenvalue weighted by Gasteiger charge is 2.29. The van der Waals surface area contributed by atoms with Gasteiger partial charge in [-0.15, -0.1) is 0 Å². The number of rotatable bonds is 2. The Morgan fingerprint density at radius 3 is 2.71 bits per heavy atom. The van der Waals surface area contributed by atoms with E-state index in [1.54, 1.807) is 0 Å². The third kappa shape index (κ3) is 3.43. The van der Waals surface area contributed by atoms with Gasteiger partial charge in [0.1, 0.15) is 0 Å². The lowest BCUT2D eigenvalue weighted by Gasteiger charge is -2.38. The quantitative estimate of drug-likeness (QED) is 0.798. The normalized spacial score (nSPS) is 32.9. The Bertz CT molecular complexity index is 265. The van der Waals surface area contributed by atoms with Crippen molar-refractivity contribution in [3.05, 3.63) is 0 Å². The zero-order valence-corrected chi connectivity index (χ0v) is 11.0. The second-order valence-electron chi connectivity index (χ2n) is 5.64. The third-order valence-corrected chi connectivity index (χ3v) is 4.36. The topological polar surface area (TPSA) is 39.1 Å². The molecular weight excluding hydrogens is 210 g/mol. The Balaban J connectivity index is 2.00. The molecule has 2 unspecified atom stereocenters. The molecule has 1 aliphatic heterocycles. The summed E-state index contributed by atoms with van der Waals surface area (Å²) >= 11 is 0. The van der Waals surface area contributed by atoms with Crippen LogP contribution >= 0.6 is 0 Å². The number of nitriles is 1. The summed E-state index contributed by atoms with van der Waals surface area (Å²) in [7, 11) is 0. The fourth-order valence-electron chi connectivity index (χ4n) is 3.27. The first-order chi connectivity index (χ1) is 8.31. The molecule has 0 spiro atoms. The molecule has 2 atom stereocenters. The molecule has 0 amide bonds. The molecular formula is C14H25N3. The Morgan fingerprint density at radius 1 is 1.24 bits per heavy atom. The third-order valence-electron chi connectivity index (χ3n) is 4.36. The minimum absolute atomic E-state index is 0.438. The summed E-state index contributed by atoms with van der Waals surface area (Å²) in [6, 6.07) is 4.15. The van der Waals surface area contributed by atoms with E-state index in [4.69, 9.17) is 5.26 Å². The fourth-order valence-corrected chi connectivity index (χ4v) is 3.27. The molecule has 0 aromatic rings. The van der Waals surface area contributed by atoms with Crippen molar-refractivity contribution in [2.45, 2.75) is 70.0 Å². The average Bonchev–Trinajstić information content (AvgIpc) is 2.54. The fraction of sp³-hybridized carbons (Fsp3) is 0.929. The maximum atomic E-state index is 8.99. The van der Waals surface area contributed by atoms with Gasteiger partial charge in [0.25, 0.3) is 0 Å². The van der Waals surface area contributed by atoms with Gasteiger partial charge in [-0.3, -0.25) is 4.90 Å². The molecule has 0 bridgehead atoms. The van der Waals surface area contributed by atoms with E-state index in [0.717, 1.165) is 12.6 Å². The van der Waals surface area contributed by atoms with Gasteiger partial charge in [-0.25, -0.2) is 0 Å². The summed E-state index contributed by atoms with van der Waals surface area (Å²) in [4.78, 5) is 2.64. The van der Waals surface area contributed by atoms with Crippen molar-refractivity contribution in [3.63, 3.8) is 0 Å². The summed E-state index contributed by atoms with van der Waals surface area (Å²) < 4.78 is 0. The van der Waals surface area contributed by atoms with Gasteiger partial charge in [-0.2, -0.15) is 5.26 Å². The average molecular weight is 235 g/mol. The first-order valence-corrected chi connectivity index (χ1v) is 7.17. The second-order valence-corrected chi connectivity index (χ2v) is 5.64. The van der Waals surface area contributed by atoms with Crippen LogP contribution in [0.4, 0.5) is 0 Å². The largest absolute Gasteiger partial charge is 0.313 e. The van der Waals surface area contributed by atoms with E-state index in [0.29, 0.717) is 18.5 Å². The molecule has 17 heavy (non-hydrogen) atoms. The molecule has 3 nitrogen and oxygen atoms in total. The molecule has 1 aliphatic carbocycles. The van der Waals surface area contributed by atoms with Crippen molar-refractivity contribution in [1.29, 1.82) is 5.26 Å². The maximum Gasteiger partial charge on any atom is 0.0638 e. The predicted molar refractivity (Wildman–Crippen MR) is 69.7 cm³/mol. The Labute approximate surface area is 105 Å². The number of nitrogens with zero attached hydrogens (tertiary/aromatic N) is 2. The van der Waals surface area contributed by atoms with Crippen LogP contribution in [0.15, 0.2) is 0 Å². The molecule has 3 heteroatoms. The highest BCUT2D eigenvalue weighted by atomic mass is 15.2. The predicted octanol–water partition coefficient (Wildman–Crippen LogP) is 2.29. The first kappa shape index (κ1) is 12.9. The molecule has 2 fully saturated rings. The van der Waals surface area contributed by atoms with Crippen molar-refractivity contribution in [3.8, 4) is 6.07 Å². The summed E-state index contributed by atoms with van der Waals surface area (Å²) in [5, 5.41) is 12.5. The van der Waals surface area contributed by atoms with Crippen molar-refractivity contribution >= 4 is 0 Å². The van der Waals surface area contributed by atoms with Crippen LogP contribution in [-0.2, 0) is 0 Å². The van der Waals surface area contributed by atoms with Gasteiger partial charge in [-0.05, 0) is 26.2 Å². The van der Waals surface area contributed by atoms with Gasteiger partial charge in [0, 0.05) is 31.2 Å². The number of hydrogen-bond donors (Lipinski definition) is 1. The van der Waals surface area contributed by atoms with E-state index >= 15 is 0 Å². The van der Waals surface area contributed by atoms with E-state index in [9.17, 15) is 0 Å². The van der Waals surface area contributed by atoms with Crippen molar-refractivity contribution in [2.75, 3.05) is 13.1 Å². The SMILES string of the molecule is CC1CCN(C2CCCCC2)C(CC#N)CN1. The van der Waals surface area contributed by atoms with E-state index in [1.807, 2.05) is 0 Å². The van der Waals surface area contributed by atoms with Crippen LogP contribution in [0.5, 0.6) is 0 Å². The van der Waals surface area contributed by atoms with Crippen LogP contribution in [0.3, 0.4) is 0 Å². The smallest absolute Gasteiger partial charge is 0.0638 e. The van der Waals surface area contributed by atoms with Gasteiger partial charge in [-0.1, -0.05) is 19.3 Å². The number of nitrogens with one attached hydrogen (secondary N) is 1. The van der Waals surface area contributed by atoms with Crippen molar-refractivity contribution in [1.82, 2.24) is 10.2 Å². The summed E-state index contributed by atoms with van der Waals surface area (Å²) in [5.74, 6) is 0. The lowest BCUT2D eigenvalue weighted by Crippen LogP contribution is -2.46. The first-order valence-electron chi connectivity index (χ1n) is 7.17. The Morgan fingerprint density at radius 2 is 2.00 bits per heavy atom. The highest BCUT2D eigenvalue weighted by Crippen LogP contribution is 2.26. The molecule has 1 saturated heterocycles. The summed E-state index contributed by atoms with van der Waals surface area (Å²) in [5.41, 5.74) is 0. The molecule has 2 rings (SSSR count). The zero-order chi connectivity index (χ0) is 12.1. The maximum absolute atomic E-state index is 8.99. The molecule has 1 heterocycles.